The highest BCUT2D eigenvalue weighted by Gasteiger charge is 2.43. The van der Waals surface area contributed by atoms with Gasteiger partial charge in [0, 0.05) is 30.6 Å². The summed E-state index contributed by atoms with van der Waals surface area (Å²) in [7, 11) is 0. The smallest absolute Gasteiger partial charge is 0.254 e. The van der Waals surface area contributed by atoms with Crippen LogP contribution in [0.4, 0.5) is 0 Å². The van der Waals surface area contributed by atoms with E-state index in [4.69, 9.17) is 5.73 Å². The van der Waals surface area contributed by atoms with Gasteiger partial charge >= 0.3 is 0 Å². The Bertz CT molecular complexity index is 942. The van der Waals surface area contributed by atoms with Crippen LogP contribution < -0.4 is 16.6 Å². The SMILES string of the molecule is NCC1NNC(=O)C2CCC(c3cnn4c3CN(C(=O)c3ccccc3)CC4)CC12. The fraction of sp³-hybridized carbons (Fsp3) is 0.500. The molecular weight excluding hydrogens is 380 g/mol. The summed E-state index contributed by atoms with van der Waals surface area (Å²) in [5, 5.41) is 4.62. The van der Waals surface area contributed by atoms with Crippen LogP contribution in [0.5, 0.6) is 0 Å². The maximum absolute atomic E-state index is 13.0. The van der Waals surface area contributed by atoms with Crippen molar-refractivity contribution in [3.8, 4) is 0 Å². The van der Waals surface area contributed by atoms with Crippen molar-refractivity contribution < 1.29 is 9.59 Å². The highest BCUT2D eigenvalue weighted by atomic mass is 16.2. The Hall–Kier alpha value is -2.71. The van der Waals surface area contributed by atoms with Gasteiger partial charge in [0.2, 0.25) is 5.91 Å². The van der Waals surface area contributed by atoms with Crippen molar-refractivity contribution in [1.82, 2.24) is 25.5 Å². The number of nitrogens with zero attached hydrogens (tertiary/aromatic N) is 3. The Morgan fingerprint density at radius 1 is 1.20 bits per heavy atom. The van der Waals surface area contributed by atoms with Gasteiger partial charge in [0.1, 0.15) is 0 Å². The molecule has 0 spiro atoms. The third-order valence-corrected chi connectivity index (χ3v) is 7.04. The van der Waals surface area contributed by atoms with E-state index in [0.29, 0.717) is 32.1 Å². The summed E-state index contributed by atoms with van der Waals surface area (Å²) in [6.07, 6.45) is 4.71. The summed E-state index contributed by atoms with van der Waals surface area (Å²) in [5.74, 6) is 0.736. The predicted molar refractivity (Wildman–Crippen MR) is 111 cm³/mol. The number of hydrogen-bond acceptors (Lipinski definition) is 5. The van der Waals surface area contributed by atoms with E-state index in [2.05, 4.69) is 16.0 Å². The van der Waals surface area contributed by atoms with Crippen molar-refractivity contribution >= 4 is 11.8 Å². The Labute approximate surface area is 175 Å². The molecule has 8 heteroatoms. The molecule has 1 aromatic carbocycles. The number of hydrazine groups is 1. The number of benzene rings is 1. The Balaban J connectivity index is 1.36. The van der Waals surface area contributed by atoms with E-state index in [1.165, 1.54) is 5.56 Å². The Kier molecular flexibility index (Phi) is 5.04. The molecule has 8 nitrogen and oxygen atoms in total. The van der Waals surface area contributed by atoms with Crippen molar-refractivity contribution in [2.75, 3.05) is 13.1 Å². The first-order valence-corrected chi connectivity index (χ1v) is 10.8. The molecule has 4 N–H and O–H groups in total. The van der Waals surface area contributed by atoms with Gasteiger partial charge < -0.3 is 10.6 Å². The zero-order valence-corrected chi connectivity index (χ0v) is 17.0. The lowest BCUT2D eigenvalue weighted by Gasteiger charge is -2.43. The molecule has 5 rings (SSSR count). The first-order chi connectivity index (χ1) is 14.7. The zero-order valence-electron chi connectivity index (χ0n) is 17.0. The van der Waals surface area contributed by atoms with Gasteiger partial charge in [-0.3, -0.25) is 19.7 Å². The normalized spacial score (nSPS) is 28.4. The minimum absolute atomic E-state index is 0.0265. The van der Waals surface area contributed by atoms with Crippen molar-refractivity contribution in [2.24, 2.45) is 17.6 Å². The molecular formula is C22H28N6O2. The number of nitrogens with one attached hydrogen (secondary N) is 2. The number of hydrogen-bond donors (Lipinski definition) is 3. The summed E-state index contributed by atoms with van der Waals surface area (Å²) in [6.45, 7) is 2.45. The van der Waals surface area contributed by atoms with E-state index < -0.39 is 0 Å². The Morgan fingerprint density at radius 2 is 2.03 bits per heavy atom. The van der Waals surface area contributed by atoms with Crippen LogP contribution in [-0.2, 0) is 17.9 Å². The van der Waals surface area contributed by atoms with Gasteiger partial charge in [0.05, 0.1) is 25.0 Å². The highest BCUT2D eigenvalue weighted by Crippen LogP contribution is 2.43. The second-order valence-electron chi connectivity index (χ2n) is 8.62. The van der Waals surface area contributed by atoms with Crippen molar-refractivity contribution in [3.05, 3.63) is 53.3 Å². The van der Waals surface area contributed by atoms with Gasteiger partial charge in [-0.2, -0.15) is 5.10 Å². The standard InChI is InChI=1S/C22H28N6O2/c23-11-19-17-10-15(6-7-16(17)21(29)26-25-19)18-12-24-28-9-8-27(13-20(18)28)22(30)14-4-2-1-3-5-14/h1-5,12,15-17,19,25H,6-11,13,23H2,(H,26,29). The highest BCUT2D eigenvalue weighted by molar-refractivity contribution is 5.94. The molecule has 30 heavy (non-hydrogen) atoms. The quantitative estimate of drug-likeness (QED) is 0.703. The molecule has 2 aromatic rings. The van der Waals surface area contributed by atoms with Crippen LogP contribution in [0.15, 0.2) is 36.5 Å². The fourth-order valence-electron chi connectivity index (χ4n) is 5.40. The zero-order chi connectivity index (χ0) is 20.7. The van der Waals surface area contributed by atoms with Gasteiger partial charge in [-0.1, -0.05) is 18.2 Å². The molecule has 2 amide bonds. The number of nitrogens with two attached hydrogens (primary N) is 1. The second kappa shape index (κ2) is 7.85. The fourth-order valence-corrected chi connectivity index (χ4v) is 5.40. The first-order valence-electron chi connectivity index (χ1n) is 10.8. The maximum atomic E-state index is 13.0. The number of rotatable bonds is 3. The summed E-state index contributed by atoms with van der Waals surface area (Å²) in [6, 6.07) is 9.54. The number of fused-ring (bicyclic) bond motifs is 2. The van der Waals surface area contributed by atoms with E-state index in [1.54, 1.807) is 0 Å². The molecule has 2 aliphatic heterocycles. The molecule has 0 radical (unpaired) electrons. The van der Waals surface area contributed by atoms with Crippen molar-refractivity contribution in [1.29, 1.82) is 0 Å². The molecule has 3 heterocycles. The summed E-state index contributed by atoms with van der Waals surface area (Å²) in [5.41, 5.74) is 14.9. The first kappa shape index (κ1) is 19.3. The predicted octanol–water partition coefficient (Wildman–Crippen LogP) is 1.00. The van der Waals surface area contributed by atoms with Gasteiger partial charge in [-0.05, 0) is 48.8 Å². The Morgan fingerprint density at radius 3 is 2.83 bits per heavy atom. The van der Waals surface area contributed by atoms with Crippen molar-refractivity contribution in [2.45, 2.75) is 44.3 Å². The summed E-state index contributed by atoms with van der Waals surface area (Å²) < 4.78 is 2.04. The molecule has 158 valence electrons. The monoisotopic (exact) mass is 408 g/mol. The molecule has 1 aliphatic carbocycles. The topological polar surface area (TPSA) is 105 Å². The largest absolute Gasteiger partial charge is 0.331 e. The van der Waals surface area contributed by atoms with E-state index in [0.717, 1.165) is 30.5 Å². The van der Waals surface area contributed by atoms with Crippen LogP contribution in [0.25, 0.3) is 0 Å². The van der Waals surface area contributed by atoms with Crippen LogP contribution in [0, 0.1) is 11.8 Å². The molecule has 1 aromatic heterocycles. The molecule has 1 saturated carbocycles. The van der Waals surface area contributed by atoms with Crippen LogP contribution in [0.2, 0.25) is 0 Å². The van der Waals surface area contributed by atoms with E-state index in [9.17, 15) is 9.59 Å². The average Bonchev–Trinajstić information content (AvgIpc) is 3.22. The van der Waals surface area contributed by atoms with Gasteiger partial charge in [-0.15, -0.1) is 0 Å². The minimum Gasteiger partial charge on any atom is -0.331 e. The lowest BCUT2D eigenvalue weighted by Crippen LogP contribution is -2.62. The van der Waals surface area contributed by atoms with Gasteiger partial charge in [-0.25, -0.2) is 5.43 Å². The number of amides is 2. The molecule has 4 unspecified atom stereocenters. The third-order valence-electron chi connectivity index (χ3n) is 7.04. The van der Waals surface area contributed by atoms with E-state index in [-0.39, 0.29) is 29.7 Å². The number of aromatic nitrogens is 2. The molecule has 0 bridgehead atoms. The van der Waals surface area contributed by atoms with E-state index in [1.807, 2.05) is 46.1 Å². The van der Waals surface area contributed by atoms with Crippen LogP contribution >= 0.6 is 0 Å². The van der Waals surface area contributed by atoms with Crippen molar-refractivity contribution in [3.63, 3.8) is 0 Å². The molecule has 2 fully saturated rings. The summed E-state index contributed by atoms with van der Waals surface area (Å²) in [4.78, 5) is 27.2. The molecule has 3 aliphatic rings. The molecule has 4 atom stereocenters. The van der Waals surface area contributed by atoms with Gasteiger partial charge in [0.25, 0.3) is 5.91 Å². The lowest BCUT2D eigenvalue weighted by atomic mass is 9.68. The average molecular weight is 409 g/mol. The summed E-state index contributed by atoms with van der Waals surface area (Å²) >= 11 is 0. The number of carbonyl (C=O) groups is 2. The van der Waals surface area contributed by atoms with E-state index >= 15 is 0 Å². The van der Waals surface area contributed by atoms with Crippen LogP contribution in [-0.4, -0.2) is 45.6 Å². The minimum atomic E-state index is 0.0265. The number of carbonyl (C=O) groups excluding carboxylic acids is 2. The van der Waals surface area contributed by atoms with Crippen LogP contribution in [0.1, 0.15) is 46.8 Å². The van der Waals surface area contributed by atoms with Crippen LogP contribution in [0.3, 0.4) is 0 Å². The van der Waals surface area contributed by atoms with Gasteiger partial charge in [0.15, 0.2) is 0 Å². The molecule has 1 saturated heterocycles. The second-order valence-corrected chi connectivity index (χ2v) is 8.62. The maximum Gasteiger partial charge on any atom is 0.254 e. The lowest BCUT2D eigenvalue weighted by molar-refractivity contribution is -0.133. The third kappa shape index (κ3) is 3.30.